The van der Waals surface area contributed by atoms with Crippen LogP contribution in [0.3, 0.4) is 0 Å². The zero-order valence-electron chi connectivity index (χ0n) is 13.1. The van der Waals surface area contributed by atoms with Gasteiger partial charge in [0.2, 0.25) is 0 Å². The normalized spacial score (nSPS) is 9.54. The third kappa shape index (κ3) is 5.24. The van der Waals surface area contributed by atoms with Gasteiger partial charge in [0, 0.05) is 18.3 Å². The van der Waals surface area contributed by atoms with Crippen molar-refractivity contribution in [2.75, 3.05) is 0 Å². The van der Waals surface area contributed by atoms with Gasteiger partial charge < -0.3 is 10.5 Å². The summed E-state index contributed by atoms with van der Waals surface area (Å²) in [7, 11) is 0. The minimum Gasteiger partial charge on any atom is -0.489 e. The van der Waals surface area contributed by atoms with Gasteiger partial charge in [0.1, 0.15) is 12.4 Å². The summed E-state index contributed by atoms with van der Waals surface area (Å²) in [6, 6.07) is 22.0. The molecule has 1 heterocycles. The predicted octanol–water partition coefficient (Wildman–Crippen LogP) is 4.63. The van der Waals surface area contributed by atoms with Crippen LogP contribution < -0.4 is 10.5 Å². The van der Waals surface area contributed by atoms with Gasteiger partial charge in [-0.3, -0.25) is 4.98 Å². The number of benzene rings is 2. The molecule has 3 rings (SSSR count). The fraction of sp³-hybridized carbons (Fsp3) is 0.105. The number of pyridine rings is 1. The third-order valence-corrected chi connectivity index (χ3v) is 3.46. The van der Waals surface area contributed by atoms with Crippen LogP contribution in [0.15, 0.2) is 72.9 Å². The maximum Gasteiger partial charge on any atom is 0.119 e. The van der Waals surface area contributed by atoms with E-state index in [1.165, 1.54) is 0 Å². The topological polar surface area (TPSA) is 48.1 Å². The average Bonchev–Trinajstić information content (AvgIpc) is 2.61. The van der Waals surface area contributed by atoms with E-state index in [0.717, 1.165) is 28.1 Å². The van der Waals surface area contributed by atoms with E-state index >= 15 is 0 Å². The summed E-state index contributed by atoms with van der Waals surface area (Å²) in [4.78, 5) is 4.38. The van der Waals surface area contributed by atoms with E-state index < -0.39 is 0 Å². The lowest BCUT2D eigenvalue weighted by Crippen LogP contribution is -1.97. The van der Waals surface area contributed by atoms with Crippen molar-refractivity contribution in [1.29, 1.82) is 0 Å². The maximum atomic E-state index is 5.79. The third-order valence-electron chi connectivity index (χ3n) is 3.46. The van der Waals surface area contributed by atoms with E-state index in [1.807, 2.05) is 54.6 Å². The Labute approximate surface area is 154 Å². The van der Waals surface area contributed by atoms with Crippen molar-refractivity contribution in [2.45, 2.75) is 13.2 Å². The monoisotopic (exact) mass is 362 g/mol. The second kappa shape index (κ2) is 9.93. The summed E-state index contributed by atoms with van der Waals surface area (Å²) < 4.78 is 5.79. The van der Waals surface area contributed by atoms with Crippen molar-refractivity contribution >= 4 is 24.8 Å². The molecule has 0 aliphatic carbocycles. The lowest BCUT2D eigenvalue weighted by atomic mass is 10.1. The first-order valence-corrected chi connectivity index (χ1v) is 7.27. The van der Waals surface area contributed by atoms with Gasteiger partial charge >= 0.3 is 0 Å². The van der Waals surface area contributed by atoms with Gasteiger partial charge in [-0.1, -0.05) is 30.3 Å². The maximum absolute atomic E-state index is 5.79. The predicted molar refractivity (Wildman–Crippen MR) is 103 cm³/mol. The summed E-state index contributed by atoms with van der Waals surface area (Å²) in [5.74, 6) is 0.850. The number of nitrogens with two attached hydrogens (primary N) is 1. The van der Waals surface area contributed by atoms with E-state index in [9.17, 15) is 0 Å². The number of hydrogen-bond acceptors (Lipinski definition) is 3. The number of halogens is 2. The van der Waals surface area contributed by atoms with Crippen molar-refractivity contribution in [1.82, 2.24) is 4.98 Å². The Bertz CT molecular complexity index is 734. The first kappa shape index (κ1) is 20.0. The molecule has 3 aromatic rings. The van der Waals surface area contributed by atoms with Crippen LogP contribution in [0.5, 0.6) is 5.75 Å². The van der Waals surface area contributed by atoms with Crippen LogP contribution in [0, 0.1) is 0 Å². The molecule has 0 bridgehead atoms. The number of ether oxygens (including phenoxy) is 1. The van der Waals surface area contributed by atoms with Crippen LogP contribution >= 0.6 is 24.8 Å². The number of aromatic nitrogens is 1. The Morgan fingerprint density at radius 3 is 2.21 bits per heavy atom. The smallest absolute Gasteiger partial charge is 0.119 e. The molecule has 0 fully saturated rings. The van der Waals surface area contributed by atoms with E-state index in [0.29, 0.717) is 13.2 Å². The van der Waals surface area contributed by atoms with Crippen LogP contribution in [0.2, 0.25) is 0 Å². The second-order valence-electron chi connectivity index (χ2n) is 5.05. The first-order valence-electron chi connectivity index (χ1n) is 7.27. The molecule has 1 aromatic heterocycles. The molecule has 5 heteroatoms. The van der Waals surface area contributed by atoms with Gasteiger partial charge in [0.15, 0.2) is 0 Å². The van der Waals surface area contributed by atoms with Crippen molar-refractivity contribution in [3.05, 3.63) is 84.1 Å². The van der Waals surface area contributed by atoms with Crippen molar-refractivity contribution < 1.29 is 4.74 Å². The van der Waals surface area contributed by atoms with Crippen molar-refractivity contribution in [2.24, 2.45) is 5.73 Å². The van der Waals surface area contributed by atoms with E-state index in [1.54, 1.807) is 6.20 Å². The Hall–Kier alpha value is -2.07. The van der Waals surface area contributed by atoms with Gasteiger partial charge in [-0.2, -0.15) is 0 Å². The summed E-state index contributed by atoms with van der Waals surface area (Å²) in [6.45, 7) is 1.09. The minimum atomic E-state index is 0. The van der Waals surface area contributed by atoms with Crippen LogP contribution in [-0.2, 0) is 13.2 Å². The largest absolute Gasteiger partial charge is 0.489 e. The molecule has 0 radical (unpaired) electrons. The van der Waals surface area contributed by atoms with Gasteiger partial charge in [-0.05, 0) is 47.5 Å². The molecule has 0 aliphatic heterocycles. The Morgan fingerprint density at radius 1 is 0.833 bits per heavy atom. The summed E-state index contributed by atoms with van der Waals surface area (Å²) in [6.07, 6.45) is 1.79. The SMILES string of the molecule is Cl.Cl.NCc1ccnc(-c2ccc(OCc3ccccc3)cc2)c1. The molecule has 24 heavy (non-hydrogen) atoms. The van der Waals surface area contributed by atoms with Gasteiger partial charge in [-0.25, -0.2) is 0 Å². The molecule has 0 aliphatic rings. The fourth-order valence-electron chi connectivity index (χ4n) is 2.22. The van der Waals surface area contributed by atoms with E-state index in [4.69, 9.17) is 10.5 Å². The summed E-state index contributed by atoms with van der Waals surface area (Å²) >= 11 is 0. The molecule has 0 atom stereocenters. The standard InChI is InChI=1S/C19H18N2O.2ClH/c20-13-16-10-11-21-19(12-16)17-6-8-18(9-7-17)22-14-15-4-2-1-3-5-15;;/h1-12H,13-14,20H2;2*1H. The highest BCUT2D eigenvalue weighted by atomic mass is 35.5. The molecule has 0 amide bonds. The quantitative estimate of drug-likeness (QED) is 0.719. The van der Waals surface area contributed by atoms with Crippen molar-refractivity contribution in [3.63, 3.8) is 0 Å². The van der Waals surface area contributed by atoms with Gasteiger partial charge in [0.25, 0.3) is 0 Å². The zero-order chi connectivity index (χ0) is 15.2. The van der Waals surface area contributed by atoms with Crippen LogP contribution in [0.25, 0.3) is 11.3 Å². The van der Waals surface area contributed by atoms with Crippen LogP contribution in [-0.4, -0.2) is 4.98 Å². The zero-order valence-corrected chi connectivity index (χ0v) is 14.7. The Morgan fingerprint density at radius 2 is 1.54 bits per heavy atom. The average molecular weight is 363 g/mol. The lowest BCUT2D eigenvalue weighted by Gasteiger charge is -2.08. The molecule has 126 valence electrons. The summed E-state index contributed by atoms with van der Waals surface area (Å²) in [5.41, 5.74) is 9.89. The molecular weight excluding hydrogens is 343 g/mol. The van der Waals surface area contributed by atoms with E-state index in [-0.39, 0.29) is 24.8 Å². The molecular formula is C19H20Cl2N2O. The molecule has 0 saturated heterocycles. The Kier molecular flexibility index (Phi) is 8.27. The van der Waals surface area contributed by atoms with E-state index in [2.05, 4.69) is 17.1 Å². The molecule has 3 nitrogen and oxygen atoms in total. The minimum absolute atomic E-state index is 0. The number of nitrogens with zero attached hydrogens (tertiary/aromatic N) is 1. The Balaban J connectivity index is 0.00000144. The van der Waals surface area contributed by atoms with Crippen LogP contribution in [0.1, 0.15) is 11.1 Å². The highest BCUT2D eigenvalue weighted by Gasteiger charge is 2.01. The fourth-order valence-corrected chi connectivity index (χ4v) is 2.22. The lowest BCUT2D eigenvalue weighted by molar-refractivity contribution is 0.306. The molecule has 2 N–H and O–H groups in total. The van der Waals surface area contributed by atoms with Gasteiger partial charge in [-0.15, -0.1) is 24.8 Å². The van der Waals surface area contributed by atoms with Gasteiger partial charge in [0.05, 0.1) is 5.69 Å². The highest BCUT2D eigenvalue weighted by Crippen LogP contribution is 2.22. The number of rotatable bonds is 5. The number of hydrogen-bond donors (Lipinski definition) is 1. The molecule has 0 spiro atoms. The summed E-state index contributed by atoms with van der Waals surface area (Å²) in [5, 5.41) is 0. The second-order valence-corrected chi connectivity index (χ2v) is 5.05. The van der Waals surface area contributed by atoms with Crippen LogP contribution in [0.4, 0.5) is 0 Å². The first-order chi connectivity index (χ1) is 10.8. The molecule has 0 unspecified atom stereocenters. The highest BCUT2D eigenvalue weighted by molar-refractivity contribution is 5.85. The molecule has 2 aromatic carbocycles. The van der Waals surface area contributed by atoms with Crippen molar-refractivity contribution in [3.8, 4) is 17.0 Å². The molecule has 0 saturated carbocycles.